The van der Waals surface area contributed by atoms with Crippen LogP contribution in [-0.2, 0) is 4.74 Å². The van der Waals surface area contributed by atoms with Gasteiger partial charge in [-0.3, -0.25) is 0 Å². The van der Waals surface area contributed by atoms with E-state index < -0.39 is 0 Å². The molecule has 0 bridgehead atoms. The SMILES string of the molecule is NCCNCCCC1([SiH3])CCCCO1. The molecule has 1 rings (SSSR count). The van der Waals surface area contributed by atoms with Gasteiger partial charge >= 0.3 is 0 Å². The van der Waals surface area contributed by atoms with Crippen LogP contribution in [0.25, 0.3) is 0 Å². The van der Waals surface area contributed by atoms with Crippen molar-refractivity contribution < 1.29 is 4.74 Å². The van der Waals surface area contributed by atoms with E-state index in [1.165, 1.54) is 42.3 Å². The van der Waals surface area contributed by atoms with E-state index in [1.54, 1.807) is 0 Å². The van der Waals surface area contributed by atoms with Crippen molar-refractivity contribution >= 4 is 10.2 Å². The summed E-state index contributed by atoms with van der Waals surface area (Å²) in [4.78, 5) is 0. The standard InChI is InChI=1S/C10H24N2OSi/c11-6-8-12-7-3-5-10(14)4-1-2-9-13-10/h12H,1-9,11H2,14H3. The maximum Gasteiger partial charge on any atom is 0.0486 e. The molecule has 14 heavy (non-hydrogen) atoms. The molecule has 1 fully saturated rings. The Balaban J connectivity index is 2.03. The molecule has 1 saturated heterocycles. The summed E-state index contributed by atoms with van der Waals surface area (Å²) in [6.07, 6.45) is 6.37. The topological polar surface area (TPSA) is 47.3 Å². The van der Waals surface area contributed by atoms with Gasteiger partial charge in [0.2, 0.25) is 0 Å². The van der Waals surface area contributed by atoms with E-state index in [2.05, 4.69) is 5.32 Å². The van der Waals surface area contributed by atoms with E-state index in [4.69, 9.17) is 10.5 Å². The molecule has 1 atom stereocenters. The predicted molar refractivity (Wildman–Crippen MR) is 63.6 cm³/mol. The molecule has 1 aliphatic rings. The summed E-state index contributed by atoms with van der Waals surface area (Å²) in [5.41, 5.74) is 5.40. The highest BCUT2D eigenvalue weighted by molar-refractivity contribution is 6.14. The Kier molecular flexibility index (Phi) is 5.70. The first-order chi connectivity index (χ1) is 6.77. The minimum Gasteiger partial charge on any atom is -0.380 e. The quantitative estimate of drug-likeness (QED) is 0.468. The van der Waals surface area contributed by atoms with E-state index in [0.29, 0.717) is 5.22 Å². The van der Waals surface area contributed by atoms with Crippen LogP contribution in [0.4, 0.5) is 0 Å². The Morgan fingerprint density at radius 2 is 2.21 bits per heavy atom. The van der Waals surface area contributed by atoms with Gasteiger partial charge in [-0.25, -0.2) is 0 Å². The number of nitrogens with one attached hydrogen (secondary N) is 1. The van der Waals surface area contributed by atoms with Crippen molar-refractivity contribution in [3.05, 3.63) is 0 Å². The van der Waals surface area contributed by atoms with Crippen molar-refractivity contribution in [1.29, 1.82) is 0 Å². The number of nitrogens with two attached hydrogens (primary N) is 1. The Hall–Kier alpha value is 0.0969. The normalized spacial score (nSPS) is 28.1. The zero-order valence-electron chi connectivity index (χ0n) is 9.35. The van der Waals surface area contributed by atoms with Crippen LogP contribution in [0.3, 0.4) is 0 Å². The lowest BCUT2D eigenvalue weighted by Crippen LogP contribution is -2.37. The molecule has 0 radical (unpaired) electrons. The predicted octanol–water partition coefficient (Wildman–Crippen LogP) is -0.423. The van der Waals surface area contributed by atoms with Gasteiger partial charge in [0.1, 0.15) is 0 Å². The second-order valence-electron chi connectivity index (χ2n) is 4.40. The van der Waals surface area contributed by atoms with Gasteiger partial charge in [-0.15, -0.1) is 0 Å². The summed E-state index contributed by atoms with van der Waals surface area (Å²) in [5, 5.41) is 3.62. The lowest BCUT2D eigenvalue weighted by molar-refractivity contribution is -0.0235. The molecular formula is C10H24N2OSi. The lowest BCUT2D eigenvalue weighted by atomic mass is 10.0. The molecule has 4 heteroatoms. The van der Waals surface area contributed by atoms with E-state index in [-0.39, 0.29) is 0 Å². The summed E-state index contributed by atoms with van der Waals surface area (Å²) in [6, 6.07) is 0. The van der Waals surface area contributed by atoms with Gasteiger partial charge in [0, 0.05) is 35.2 Å². The zero-order chi connectivity index (χ0) is 10.3. The number of rotatable bonds is 6. The Bertz CT molecular complexity index is 149. The van der Waals surface area contributed by atoms with Crippen molar-refractivity contribution in [3.8, 4) is 0 Å². The largest absolute Gasteiger partial charge is 0.380 e. The van der Waals surface area contributed by atoms with Gasteiger partial charge in [0.05, 0.1) is 0 Å². The fraction of sp³-hybridized carbons (Fsp3) is 1.00. The van der Waals surface area contributed by atoms with Crippen LogP contribution in [0.1, 0.15) is 32.1 Å². The van der Waals surface area contributed by atoms with Crippen molar-refractivity contribution in [2.75, 3.05) is 26.2 Å². The molecule has 0 saturated carbocycles. The van der Waals surface area contributed by atoms with Crippen molar-refractivity contribution in [1.82, 2.24) is 5.32 Å². The third-order valence-electron chi connectivity index (χ3n) is 2.93. The van der Waals surface area contributed by atoms with Crippen LogP contribution in [0.2, 0.25) is 0 Å². The number of hydrogen-bond acceptors (Lipinski definition) is 3. The van der Waals surface area contributed by atoms with Gasteiger partial charge in [0.15, 0.2) is 0 Å². The first-order valence-electron chi connectivity index (χ1n) is 5.82. The molecule has 0 amide bonds. The van der Waals surface area contributed by atoms with E-state index in [0.717, 1.165) is 26.2 Å². The van der Waals surface area contributed by atoms with E-state index >= 15 is 0 Å². The Labute approximate surface area is 90.2 Å². The molecule has 0 aromatic rings. The maximum absolute atomic E-state index is 5.88. The second kappa shape index (κ2) is 6.56. The highest BCUT2D eigenvalue weighted by Crippen LogP contribution is 2.25. The fourth-order valence-corrected chi connectivity index (χ4v) is 2.91. The molecule has 1 unspecified atom stereocenters. The summed E-state index contributed by atoms with van der Waals surface area (Å²) in [7, 11) is 1.17. The van der Waals surface area contributed by atoms with Crippen LogP contribution in [-0.4, -0.2) is 41.7 Å². The van der Waals surface area contributed by atoms with Gasteiger partial charge in [-0.2, -0.15) is 0 Å². The van der Waals surface area contributed by atoms with Gasteiger partial charge < -0.3 is 15.8 Å². The van der Waals surface area contributed by atoms with Crippen molar-refractivity contribution in [3.63, 3.8) is 0 Å². The summed E-state index contributed by atoms with van der Waals surface area (Å²) in [6.45, 7) is 3.75. The maximum atomic E-state index is 5.88. The van der Waals surface area contributed by atoms with Gasteiger partial charge in [0.25, 0.3) is 0 Å². The van der Waals surface area contributed by atoms with Crippen molar-refractivity contribution in [2.45, 2.75) is 37.3 Å². The molecule has 1 aliphatic heterocycles. The van der Waals surface area contributed by atoms with Gasteiger partial charge in [-0.1, -0.05) is 0 Å². The first-order valence-corrected chi connectivity index (χ1v) is 6.82. The third kappa shape index (κ3) is 4.55. The van der Waals surface area contributed by atoms with Crippen LogP contribution < -0.4 is 11.1 Å². The highest BCUT2D eigenvalue weighted by Gasteiger charge is 2.26. The summed E-state index contributed by atoms with van der Waals surface area (Å²) < 4.78 is 5.88. The summed E-state index contributed by atoms with van der Waals surface area (Å²) >= 11 is 0. The zero-order valence-corrected chi connectivity index (χ0v) is 11.3. The molecule has 3 N–H and O–H groups in total. The smallest absolute Gasteiger partial charge is 0.0486 e. The van der Waals surface area contributed by atoms with Crippen LogP contribution >= 0.6 is 0 Å². The Morgan fingerprint density at radius 3 is 2.86 bits per heavy atom. The molecule has 1 heterocycles. The second-order valence-corrected chi connectivity index (χ2v) is 6.22. The number of hydrogen-bond donors (Lipinski definition) is 2. The monoisotopic (exact) mass is 216 g/mol. The first kappa shape index (κ1) is 12.2. The van der Waals surface area contributed by atoms with Gasteiger partial charge in [-0.05, 0) is 38.6 Å². The summed E-state index contributed by atoms with van der Waals surface area (Å²) in [5.74, 6) is 0. The third-order valence-corrected chi connectivity index (χ3v) is 4.22. The van der Waals surface area contributed by atoms with Crippen LogP contribution in [0.15, 0.2) is 0 Å². The Morgan fingerprint density at radius 1 is 1.36 bits per heavy atom. The lowest BCUT2D eigenvalue weighted by Gasteiger charge is -2.34. The minimum absolute atomic E-state index is 0.294. The average Bonchev–Trinajstić information content (AvgIpc) is 2.18. The molecule has 0 spiro atoms. The van der Waals surface area contributed by atoms with Crippen molar-refractivity contribution in [2.24, 2.45) is 5.73 Å². The average molecular weight is 216 g/mol. The molecule has 0 aromatic carbocycles. The van der Waals surface area contributed by atoms with Crippen LogP contribution in [0, 0.1) is 0 Å². The number of ether oxygens (including phenoxy) is 1. The fourth-order valence-electron chi connectivity index (χ4n) is 2.00. The highest BCUT2D eigenvalue weighted by atomic mass is 28.1. The molecule has 0 aromatic heterocycles. The molecule has 0 aliphatic carbocycles. The molecular weight excluding hydrogens is 192 g/mol. The molecule has 84 valence electrons. The van der Waals surface area contributed by atoms with E-state index in [1.807, 2.05) is 0 Å². The van der Waals surface area contributed by atoms with E-state index in [9.17, 15) is 0 Å². The van der Waals surface area contributed by atoms with Crippen LogP contribution in [0.5, 0.6) is 0 Å². The minimum atomic E-state index is 0.294. The molecule has 3 nitrogen and oxygen atoms in total.